The van der Waals surface area contributed by atoms with Gasteiger partial charge in [0.2, 0.25) is 0 Å². The Morgan fingerprint density at radius 2 is 1.91 bits per heavy atom. The Bertz CT molecular complexity index is 1140. The van der Waals surface area contributed by atoms with Crippen molar-refractivity contribution in [3.63, 3.8) is 0 Å². The van der Waals surface area contributed by atoms with E-state index in [1.165, 1.54) is 0 Å². The van der Waals surface area contributed by atoms with E-state index in [2.05, 4.69) is 26.1 Å². The Kier molecular flexibility index (Phi) is 6.67. The predicted molar refractivity (Wildman–Crippen MR) is 126 cm³/mol. The average Bonchev–Trinajstić information content (AvgIpc) is 3.63. The smallest absolute Gasteiger partial charge is 0.273 e. The molecule has 5 rings (SSSR count). The van der Waals surface area contributed by atoms with Crippen LogP contribution in [0.5, 0.6) is 0 Å². The first kappa shape index (κ1) is 22.3. The highest BCUT2D eigenvalue weighted by Crippen LogP contribution is 2.40. The van der Waals surface area contributed by atoms with E-state index in [9.17, 15) is 9.59 Å². The molecule has 2 fully saturated rings. The second kappa shape index (κ2) is 10.2. The number of hydrogen-bond acceptors (Lipinski definition) is 6. The third-order valence-corrected chi connectivity index (χ3v) is 6.57. The van der Waals surface area contributed by atoms with Crippen molar-refractivity contribution in [2.24, 2.45) is 5.92 Å². The molecule has 1 aromatic carbocycles. The Morgan fingerprint density at radius 1 is 1.06 bits per heavy atom. The number of pyridine rings is 1. The normalized spacial score (nSPS) is 17.2. The largest absolute Gasteiger partial charge is 0.360 e. The Labute approximate surface area is 198 Å². The van der Waals surface area contributed by atoms with E-state index in [1.807, 2.05) is 30.3 Å². The van der Waals surface area contributed by atoms with E-state index >= 15 is 0 Å². The molecular formula is C26H29N5O3. The molecule has 1 unspecified atom stereocenters. The van der Waals surface area contributed by atoms with Gasteiger partial charge in [-0.15, -0.1) is 0 Å². The van der Waals surface area contributed by atoms with Crippen molar-refractivity contribution in [1.29, 1.82) is 0 Å². The molecule has 0 spiro atoms. The van der Waals surface area contributed by atoms with Crippen molar-refractivity contribution < 1.29 is 14.1 Å². The summed E-state index contributed by atoms with van der Waals surface area (Å²) in [4.78, 5) is 30.0. The molecule has 176 valence electrons. The topological polar surface area (TPSA) is 109 Å². The van der Waals surface area contributed by atoms with Crippen molar-refractivity contribution in [2.75, 3.05) is 13.1 Å². The summed E-state index contributed by atoms with van der Waals surface area (Å²) >= 11 is 0. The van der Waals surface area contributed by atoms with Crippen LogP contribution in [-0.2, 0) is 6.54 Å². The van der Waals surface area contributed by atoms with E-state index in [0.717, 1.165) is 55.7 Å². The molecule has 2 amide bonds. The summed E-state index contributed by atoms with van der Waals surface area (Å²) in [6, 6.07) is 12.8. The SMILES string of the molecule is O=C(NCc1cccnc1)c1cccc(C(NC(=O)c2cc(C3CC3)on2)C2CCNCC2)c1. The van der Waals surface area contributed by atoms with Gasteiger partial charge in [0.05, 0.1) is 6.04 Å². The maximum absolute atomic E-state index is 13.1. The molecular weight excluding hydrogens is 430 g/mol. The lowest BCUT2D eigenvalue weighted by Crippen LogP contribution is -2.39. The molecule has 1 aliphatic heterocycles. The Balaban J connectivity index is 1.33. The zero-order valence-corrected chi connectivity index (χ0v) is 19.0. The highest BCUT2D eigenvalue weighted by Gasteiger charge is 2.31. The van der Waals surface area contributed by atoms with E-state index in [-0.39, 0.29) is 23.8 Å². The van der Waals surface area contributed by atoms with Crippen LogP contribution in [-0.4, -0.2) is 35.0 Å². The van der Waals surface area contributed by atoms with E-state index in [4.69, 9.17) is 4.52 Å². The lowest BCUT2D eigenvalue weighted by molar-refractivity contribution is 0.0904. The van der Waals surface area contributed by atoms with Crippen molar-refractivity contribution in [3.05, 3.63) is 83.0 Å². The van der Waals surface area contributed by atoms with Gasteiger partial charge < -0.3 is 20.5 Å². The van der Waals surface area contributed by atoms with Crippen molar-refractivity contribution in [2.45, 2.75) is 44.2 Å². The number of benzene rings is 1. The molecule has 8 heteroatoms. The molecule has 1 saturated heterocycles. The summed E-state index contributed by atoms with van der Waals surface area (Å²) in [7, 11) is 0. The third kappa shape index (κ3) is 5.34. The minimum atomic E-state index is -0.245. The first-order valence-electron chi connectivity index (χ1n) is 11.9. The van der Waals surface area contributed by atoms with Gasteiger partial charge in [0.25, 0.3) is 11.8 Å². The van der Waals surface area contributed by atoms with Crippen LogP contribution in [0.25, 0.3) is 0 Å². The molecule has 2 aromatic heterocycles. The molecule has 3 N–H and O–H groups in total. The van der Waals surface area contributed by atoms with Crippen LogP contribution in [0, 0.1) is 5.92 Å². The number of rotatable bonds is 8. The summed E-state index contributed by atoms with van der Waals surface area (Å²) in [5, 5.41) is 13.5. The van der Waals surface area contributed by atoms with Gasteiger partial charge in [-0.25, -0.2) is 0 Å². The van der Waals surface area contributed by atoms with Gasteiger partial charge >= 0.3 is 0 Å². The maximum Gasteiger partial charge on any atom is 0.273 e. The summed E-state index contributed by atoms with van der Waals surface area (Å²) in [5.41, 5.74) is 2.73. The van der Waals surface area contributed by atoms with Gasteiger partial charge in [0.15, 0.2) is 5.69 Å². The van der Waals surface area contributed by atoms with Gasteiger partial charge in [-0.2, -0.15) is 0 Å². The third-order valence-electron chi connectivity index (χ3n) is 6.57. The second-order valence-corrected chi connectivity index (χ2v) is 9.10. The monoisotopic (exact) mass is 459 g/mol. The van der Waals surface area contributed by atoms with E-state index in [1.54, 1.807) is 24.5 Å². The minimum Gasteiger partial charge on any atom is -0.360 e. The second-order valence-electron chi connectivity index (χ2n) is 9.10. The lowest BCUT2D eigenvalue weighted by atomic mass is 9.85. The summed E-state index contributed by atoms with van der Waals surface area (Å²) in [5.74, 6) is 1.04. The number of aromatic nitrogens is 2. The minimum absolute atomic E-state index is 0.160. The number of nitrogens with one attached hydrogen (secondary N) is 3. The summed E-state index contributed by atoms with van der Waals surface area (Å²) in [6.45, 7) is 2.21. The standard InChI is InChI=1S/C26H29N5O3/c32-25(29-16-17-3-2-10-28-15-17)21-5-1-4-20(13-21)24(19-8-11-27-12-9-19)30-26(33)22-14-23(34-31-22)18-6-7-18/h1-5,10,13-15,18-19,24,27H,6-9,11-12,16H2,(H,29,32)(H,30,33). The number of nitrogens with zero attached hydrogens (tertiary/aromatic N) is 2. The zero-order valence-electron chi connectivity index (χ0n) is 19.0. The van der Waals surface area contributed by atoms with E-state index in [0.29, 0.717) is 23.7 Å². The van der Waals surface area contributed by atoms with Crippen LogP contribution < -0.4 is 16.0 Å². The first-order valence-corrected chi connectivity index (χ1v) is 11.9. The van der Waals surface area contributed by atoms with Crippen molar-refractivity contribution >= 4 is 11.8 Å². The molecule has 34 heavy (non-hydrogen) atoms. The molecule has 1 aliphatic carbocycles. The summed E-state index contributed by atoms with van der Waals surface area (Å²) < 4.78 is 5.38. The fraction of sp³-hybridized carbons (Fsp3) is 0.385. The van der Waals surface area contributed by atoms with Gasteiger partial charge in [-0.3, -0.25) is 14.6 Å². The fourth-order valence-electron chi connectivity index (χ4n) is 4.48. The van der Waals surface area contributed by atoms with Gasteiger partial charge in [-0.05, 0) is 74.0 Å². The highest BCUT2D eigenvalue weighted by atomic mass is 16.5. The molecule has 3 heterocycles. The van der Waals surface area contributed by atoms with Crippen LogP contribution >= 0.6 is 0 Å². The van der Waals surface area contributed by atoms with Crippen LogP contribution in [0.3, 0.4) is 0 Å². The molecule has 2 aliphatic rings. The molecule has 1 atom stereocenters. The fourth-order valence-corrected chi connectivity index (χ4v) is 4.48. The average molecular weight is 460 g/mol. The molecule has 0 bridgehead atoms. The number of carbonyl (C=O) groups is 2. The van der Waals surface area contributed by atoms with Crippen LogP contribution in [0.1, 0.15) is 75.4 Å². The molecule has 3 aromatic rings. The number of amides is 2. The molecule has 1 saturated carbocycles. The zero-order chi connectivity index (χ0) is 23.3. The Morgan fingerprint density at radius 3 is 2.68 bits per heavy atom. The quantitative estimate of drug-likeness (QED) is 0.477. The summed E-state index contributed by atoms with van der Waals surface area (Å²) in [6.07, 6.45) is 7.49. The van der Waals surface area contributed by atoms with Crippen molar-refractivity contribution in [3.8, 4) is 0 Å². The maximum atomic E-state index is 13.1. The van der Waals surface area contributed by atoms with Gasteiger partial charge in [0.1, 0.15) is 5.76 Å². The van der Waals surface area contributed by atoms with Gasteiger partial charge in [0, 0.05) is 36.5 Å². The van der Waals surface area contributed by atoms with Crippen LogP contribution in [0.4, 0.5) is 0 Å². The van der Waals surface area contributed by atoms with Gasteiger partial charge in [-0.1, -0.05) is 23.4 Å². The highest BCUT2D eigenvalue weighted by molar-refractivity contribution is 5.94. The molecule has 8 nitrogen and oxygen atoms in total. The molecule has 0 radical (unpaired) electrons. The van der Waals surface area contributed by atoms with Crippen LogP contribution in [0.15, 0.2) is 59.4 Å². The predicted octanol–water partition coefficient (Wildman–Crippen LogP) is 3.35. The number of carbonyl (C=O) groups excluding carboxylic acids is 2. The first-order chi connectivity index (χ1) is 16.7. The number of hydrogen-bond donors (Lipinski definition) is 3. The van der Waals surface area contributed by atoms with Crippen molar-refractivity contribution in [1.82, 2.24) is 26.1 Å². The number of piperidine rings is 1. The Hall–Kier alpha value is -3.52. The van der Waals surface area contributed by atoms with E-state index < -0.39 is 0 Å². The van der Waals surface area contributed by atoms with Crippen LogP contribution in [0.2, 0.25) is 0 Å². The lowest BCUT2D eigenvalue weighted by Gasteiger charge is -2.31.